The minimum absolute atomic E-state index is 0.169. The summed E-state index contributed by atoms with van der Waals surface area (Å²) >= 11 is 0. The number of imidazole rings is 1. The Balaban J connectivity index is 2.02. The van der Waals surface area contributed by atoms with Gasteiger partial charge in [0.05, 0.1) is 17.0 Å². The first-order valence-corrected chi connectivity index (χ1v) is 10.8. The first-order chi connectivity index (χ1) is 15.9. The molecule has 0 aliphatic heterocycles. The summed E-state index contributed by atoms with van der Waals surface area (Å²) < 4.78 is 0. The summed E-state index contributed by atoms with van der Waals surface area (Å²) in [5.41, 5.74) is 8.38. The largest absolute Gasteiger partial charge is 0.465 e. The molecule has 0 saturated carbocycles. The van der Waals surface area contributed by atoms with Gasteiger partial charge >= 0.3 is 6.09 Å². The SMILES string of the molecule is CC(=O)c1cc(-c2[nH]c(C(C)(C)C)nc2-c2ccnc(NCC(C)N(C)C(=O)O)n2)cnc1N. The number of aromatic amines is 1. The summed E-state index contributed by atoms with van der Waals surface area (Å²) in [6.45, 7) is 9.67. The molecule has 180 valence electrons. The second-order valence-corrected chi connectivity index (χ2v) is 9.16. The van der Waals surface area contributed by atoms with Crippen molar-refractivity contribution in [3.8, 4) is 22.6 Å². The molecule has 0 radical (unpaired) electrons. The van der Waals surface area contributed by atoms with E-state index in [-0.39, 0.29) is 23.1 Å². The number of nitrogens with zero attached hydrogens (tertiary/aromatic N) is 5. The van der Waals surface area contributed by atoms with E-state index in [1.54, 1.807) is 31.5 Å². The molecular formula is C23H30N8O3. The van der Waals surface area contributed by atoms with Crippen molar-refractivity contribution in [1.29, 1.82) is 0 Å². The van der Waals surface area contributed by atoms with Gasteiger partial charge in [0.1, 0.15) is 17.3 Å². The molecule has 1 amide bonds. The zero-order valence-corrected chi connectivity index (χ0v) is 20.2. The summed E-state index contributed by atoms with van der Waals surface area (Å²) in [7, 11) is 1.51. The number of carbonyl (C=O) groups is 2. The van der Waals surface area contributed by atoms with Crippen LogP contribution >= 0.6 is 0 Å². The molecule has 11 nitrogen and oxygen atoms in total. The van der Waals surface area contributed by atoms with Crippen LogP contribution in [0.15, 0.2) is 24.5 Å². The van der Waals surface area contributed by atoms with E-state index in [4.69, 9.17) is 15.8 Å². The van der Waals surface area contributed by atoms with Crippen molar-refractivity contribution in [2.75, 3.05) is 24.6 Å². The van der Waals surface area contributed by atoms with Crippen LogP contribution in [0, 0.1) is 0 Å². The summed E-state index contributed by atoms with van der Waals surface area (Å²) in [6, 6.07) is 3.14. The zero-order chi connectivity index (χ0) is 25.2. The molecule has 5 N–H and O–H groups in total. The van der Waals surface area contributed by atoms with Crippen molar-refractivity contribution in [3.63, 3.8) is 0 Å². The number of amides is 1. The third kappa shape index (κ3) is 5.30. The number of aromatic nitrogens is 5. The van der Waals surface area contributed by atoms with Crippen molar-refractivity contribution in [2.45, 2.75) is 46.1 Å². The fraction of sp³-hybridized carbons (Fsp3) is 0.391. The topological polar surface area (TPSA) is 163 Å². The number of ketones is 1. The predicted molar refractivity (Wildman–Crippen MR) is 130 cm³/mol. The fourth-order valence-electron chi connectivity index (χ4n) is 3.16. The van der Waals surface area contributed by atoms with Crippen molar-refractivity contribution in [1.82, 2.24) is 29.8 Å². The van der Waals surface area contributed by atoms with Gasteiger partial charge in [-0.3, -0.25) is 4.79 Å². The van der Waals surface area contributed by atoms with Gasteiger partial charge < -0.3 is 26.0 Å². The number of carbonyl (C=O) groups excluding carboxylic acids is 1. The fourth-order valence-corrected chi connectivity index (χ4v) is 3.16. The number of rotatable bonds is 7. The lowest BCUT2D eigenvalue weighted by molar-refractivity contribution is 0.101. The quantitative estimate of drug-likeness (QED) is 0.382. The highest BCUT2D eigenvalue weighted by Gasteiger charge is 2.24. The lowest BCUT2D eigenvalue weighted by Crippen LogP contribution is -2.38. The number of nitrogens with two attached hydrogens (primary N) is 1. The van der Waals surface area contributed by atoms with E-state index in [1.807, 2.05) is 20.8 Å². The number of hydrogen-bond acceptors (Lipinski definition) is 8. The smallest absolute Gasteiger partial charge is 0.407 e. The maximum Gasteiger partial charge on any atom is 0.407 e. The number of nitrogens with one attached hydrogen (secondary N) is 2. The summed E-state index contributed by atoms with van der Waals surface area (Å²) in [5, 5.41) is 12.2. The number of nitrogen functional groups attached to an aromatic ring is 1. The molecular weight excluding hydrogens is 436 g/mol. The molecule has 0 aliphatic rings. The van der Waals surface area contributed by atoms with Gasteiger partial charge in [0.15, 0.2) is 5.78 Å². The van der Waals surface area contributed by atoms with Crippen LogP contribution in [-0.4, -0.2) is 66.4 Å². The standard InChI is InChI=1S/C23H30N8O3/c1-12(31(6)22(33)34)10-27-21-25-8-7-16(28-21)18-17(29-20(30-18)23(3,4)5)14-9-15(13(2)32)19(24)26-11-14/h7-9,11-12H,10H2,1-6H3,(H2,24,26)(H,29,30)(H,33,34)(H,25,27,28). The van der Waals surface area contributed by atoms with Crippen LogP contribution < -0.4 is 11.1 Å². The average Bonchev–Trinajstić information content (AvgIpc) is 3.23. The third-order valence-electron chi connectivity index (χ3n) is 5.42. The molecule has 3 aromatic rings. The summed E-state index contributed by atoms with van der Waals surface area (Å²) in [4.78, 5) is 45.6. The van der Waals surface area contributed by atoms with Crippen LogP contribution in [0.25, 0.3) is 22.6 Å². The highest BCUT2D eigenvalue weighted by atomic mass is 16.4. The molecule has 0 spiro atoms. The van der Waals surface area contributed by atoms with E-state index in [2.05, 4.69) is 25.3 Å². The van der Waals surface area contributed by atoms with Crippen molar-refractivity contribution in [2.24, 2.45) is 0 Å². The molecule has 11 heteroatoms. The number of carboxylic acid groups (broad SMARTS) is 1. The molecule has 0 saturated heterocycles. The molecule has 3 heterocycles. The number of Topliss-reactive ketones (excluding diaryl/α,β-unsaturated/α-hetero) is 1. The van der Waals surface area contributed by atoms with Crippen LogP contribution in [0.5, 0.6) is 0 Å². The lowest BCUT2D eigenvalue weighted by atomic mass is 9.96. The van der Waals surface area contributed by atoms with Gasteiger partial charge in [-0.1, -0.05) is 20.8 Å². The Hall–Kier alpha value is -4.02. The van der Waals surface area contributed by atoms with Crippen molar-refractivity contribution < 1.29 is 14.7 Å². The van der Waals surface area contributed by atoms with E-state index in [1.165, 1.54) is 18.9 Å². The molecule has 1 unspecified atom stereocenters. The van der Waals surface area contributed by atoms with Crippen LogP contribution in [0.1, 0.15) is 50.8 Å². The van der Waals surface area contributed by atoms with Gasteiger partial charge in [0.25, 0.3) is 0 Å². The maximum atomic E-state index is 12.0. The second-order valence-electron chi connectivity index (χ2n) is 9.16. The highest BCUT2D eigenvalue weighted by Crippen LogP contribution is 2.33. The number of H-pyrrole nitrogens is 1. The molecule has 0 aliphatic carbocycles. The number of hydrogen-bond donors (Lipinski definition) is 4. The minimum Gasteiger partial charge on any atom is -0.465 e. The monoisotopic (exact) mass is 466 g/mol. The van der Waals surface area contributed by atoms with Crippen LogP contribution in [-0.2, 0) is 5.41 Å². The molecule has 0 aromatic carbocycles. The van der Waals surface area contributed by atoms with Gasteiger partial charge in [0, 0.05) is 43.0 Å². The maximum absolute atomic E-state index is 12.0. The molecule has 34 heavy (non-hydrogen) atoms. The Kier molecular flexibility index (Phi) is 6.85. The summed E-state index contributed by atoms with van der Waals surface area (Å²) in [6.07, 6.45) is 2.18. The van der Waals surface area contributed by atoms with Gasteiger partial charge in [-0.05, 0) is 26.0 Å². The Morgan fingerprint density at radius 2 is 1.97 bits per heavy atom. The average molecular weight is 467 g/mol. The number of likely N-dealkylation sites (N-methyl/N-ethyl adjacent to an activating group) is 1. The third-order valence-corrected chi connectivity index (χ3v) is 5.42. The molecule has 0 bridgehead atoms. The van der Waals surface area contributed by atoms with Crippen LogP contribution in [0.4, 0.5) is 16.6 Å². The molecule has 3 aromatic heterocycles. The highest BCUT2D eigenvalue weighted by molar-refractivity contribution is 5.99. The van der Waals surface area contributed by atoms with Crippen molar-refractivity contribution >= 4 is 23.6 Å². The molecule has 3 rings (SSSR count). The molecule has 0 fully saturated rings. The first kappa shape index (κ1) is 24.6. The van der Waals surface area contributed by atoms with E-state index in [0.29, 0.717) is 40.7 Å². The Morgan fingerprint density at radius 1 is 1.26 bits per heavy atom. The van der Waals surface area contributed by atoms with Gasteiger partial charge in [-0.2, -0.15) is 0 Å². The van der Waals surface area contributed by atoms with Crippen LogP contribution in [0.3, 0.4) is 0 Å². The second kappa shape index (κ2) is 9.46. The zero-order valence-electron chi connectivity index (χ0n) is 20.2. The predicted octanol–water partition coefficient (Wildman–Crippen LogP) is 3.42. The van der Waals surface area contributed by atoms with Crippen molar-refractivity contribution in [3.05, 3.63) is 35.9 Å². The normalized spacial score (nSPS) is 12.3. The van der Waals surface area contributed by atoms with Gasteiger partial charge in [-0.15, -0.1) is 0 Å². The summed E-state index contributed by atoms with van der Waals surface area (Å²) in [5.74, 6) is 1.07. The Morgan fingerprint density at radius 3 is 2.59 bits per heavy atom. The van der Waals surface area contributed by atoms with Crippen LogP contribution in [0.2, 0.25) is 0 Å². The van der Waals surface area contributed by atoms with E-state index >= 15 is 0 Å². The minimum atomic E-state index is -1.01. The lowest BCUT2D eigenvalue weighted by Gasteiger charge is -2.21. The first-order valence-electron chi connectivity index (χ1n) is 10.8. The van der Waals surface area contributed by atoms with Gasteiger partial charge in [-0.25, -0.2) is 24.7 Å². The van der Waals surface area contributed by atoms with Gasteiger partial charge in [0.2, 0.25) is 5.95 Å². The Labute approximate surface area is 197 Å². The van der Waals surface area contributed by atoms with E-state index in [0.717, 1.165) is 5.82 Å². The van der Waals surface area contributed by atoms with E-state index < -0.39 is 6.09 Å². The molecule has 1 atom stereocenters. The number of pyridine rings is 1. The van der Waals surface area contributed by atoms with E-state index in [9.17, 15) is 9.59 Å². The number of anilines is 2. The Bertz CT molecular complexity index is 1220.